The Morgan fingerprint density at radius 2 is 1.59 bits per heavy atom. The number of ether oxygens (including phenoxy) is 1. The van der Waals surface area contributed by atoms with Crippen LogP contribution in [-0.2, 0) is 9.53 Å². The van der Waals surface area contributed by atoms with E-state index in [1.54, 1.807) is 12.7 Å². The first-order chi connectivity index (χ1) is 15.7. The molecule has 3 heteroatoms. The van der Waals surface area contributed by atoms with Crippen LogP contribution in [0.5, 0.6) is 0 Å². The Labute approximate surface area is 208 Å². The predicted octanol–water partition coefficient (Wildman–Crippen LogP) is 7.32. The maximum atomic E-state index is 13.3. The van der Waals surface area contributed by atoms with E-state index in [4.69, 9.17) is 4.74 Å². The van der Waals surface area contributed by atoms with Crippen molar-refractivity contribution >= 4 is 5.97 Å². The van der Waals surface area contributed by atoms with Crippen LogP contribution in [-0.4, -0.2) is 24.3 Å². The molecule has 1 N–H and O–H groups in total. The van der Waals surface area contributed by atoms with Gasteiger partial charge in [-0.15, -0.1) is 0 Å². The summed E-state index contributed by atoms with van der Waals surface area (Å²) in [5, 5.41) is 10.9. The quantitative estimate of drug-likeness (QED) is 0.322. The lowest BCUT2D eigenvalue weighted by molar-refractivity contribution is -0.206. The van der Waals surface area contributed by atoms with Gasteiger partial charge in [0.25, 0.3) is 0 Å². The standard InChI is InChI=1S/C31H50O3/c1-26(2)15-17-31(25(33)34-8)18-16-29(6)20(21(31)19-26)9-10-23-28(5)13-12-24(32)27(3,4)22(28)11-14-30(23,29)7/h9,21-24,32H,10-19H2,1-8H3/t21-,22?,23?,24-,28-,29-,30+,31?/m0/s1. The van der Waals surface area contributed by atoms with Crippen LogP contribution in [0.1, 0.15) is 113 Å². The maximum Gasteiger partial charge on any atom is 0.312 e. The Morgan fingerprint density at radius 1 is 0.912 bits per heavy atom. The summed E-state index contributed by atoms with van der Waals surface area (Å²) in [6.07, 6.45) is 13.4. The van der Waals surface area contributed by atoms with Crippen molar-refractivity contribution in [3.8, 4) is 0 Å². The Morgan fingerprint density at radius 3 is 2.26 bits per heavy atom. The molecule has 8 atom stereocenters. The predicted molar refractivity (Wildman–Crippen MR) is 137 cm³/mol. The summed E-state index contributed by atoms with van der Waals surface area (Å²) in [5.41, 5.74) is 2.18. The van der Waals surface area contributed by atoms with Gasteiger partial charge in [0, 0.05) is 0 Å². The van der Waals surface area contributed by atoms with Crippen molar-refractivity contribution in [3.05, 3.63) is 11.6 Å². The second-order valence-electron chi connectivity index (χ2n) is 15.2. The summed E-state index contributed by atoms with van der Waals surface area (Å²) in [7, 11) is 1.59. The molecule has 0 bridgehead atoms. The summed E-state index contributed by atoms with van der Waals surface area (Å²) >= 11 is 0. The van der Waals surface area contributed by atoms with Crippen molar-refractivity contribution in [2.24, 2.45) is 50.2 Å². The fraction of sp³-hybridized carbons (Fsp3) is 0.903. The second-order valence-corrected chi connectivity index (χ2v) is 15.2. The Hall–Kier alpha value is -0.830. The summed E-state index contributed by atoms with van der Waals surface area (Å²) in [4.78, 5) is 13.3. The average Bonchev–Trinajstić information content (AvgIpc) is 2.76. The highest BCUT2D eigenvalue weighted by atomic mass is 16.5. The van der Waals surface area contributed by atoms with Gasteiger partial charge in [0.2, 0.25) is 0 Å². The minimum Gasteiger partial charge on any atom is -0.469 e. The molecular formula is C31H50O3. The van der Waals surface area contributed by atoms with E-state index in [9.17, 15) is 9.90 Å². The lowest BCUT2D eigenvalue weighted by Gasteiger charge is -2.71. The van der Waals surface area contributed by atoms with Crippen LogP contribution in [0.3, 0.4) is 0 Å². The lowest BCUT2D eigenvalue weighted by Crippen LogP contribution is -2.65. The third-order valence-corrected chi connectivity index (χ3v) is 13.2. The number of aliphatic hydroxyl groups excluding tert-OH is 1. The van der Waals surface area contributed by atoms with Crippen LogP contribution >= 0.6 is 0 Å². The van der Waals surface area contributed by atoms with Crippen LogP contribution in [0.15, 0.2) is 11.6 Å². The van der Waals surface area contributed by atoms with Crippen molar-refractivity contribution in [3.63, 3.8) is 0 Å². The highest BCUT2D eigenvalue weighted by Crippen LogP contribution is 2.75. The SMILES string of the molecule is COC(=O)C12CCC(C)(C)C[C@H]1C1=CCC3[C@@]4(C)CC[C@H](O)C(C)(C)C4CC[C@@]3(C)[C@@]1(C)CC2. The minimum absolute atomic E-state index is 0.0147. The van der Waals surface area contributed by atoms with Crippen LogP contribution in [0.4, 0.5) is 0 Å². The van der Waals surface area contributed by atoms with E-state index in [-0.39, 0.29) is 44.6 Å². The molecule has 0 radical (unpaired) electrons. The van der Waals surface area contributed by atoms with Gasteiger partial charge < -0.3 is 9.84 Å². The topological polar surface area (TPSA) is 46.5 Å². The third-order valence-electron chi connectivity index (χ3n) is 13.2. The van der Waals surface area contributed by atoms with E-state index in [0.29, 0.717) is 17.8 Å². The molecule has 0 heterocycles. The first-order valence-electron chi connectivity index (χ1n) is 14.2. The van der Waals surface area contributed by atoms with Crippen LogP contribution in [0.2, 0.25) is 0 Å². The Balaban J connectivity index is 1.60. The smallest absolute Gasteiger partial charge is 0.312 e. The summed E-state index contributed by atoms with van der Waals surface area (Å²) in [5.74, 6) is 1.57. The largest absolute Gasteiger partial charge is 0.469 e. The number of allylic oxidation sites excluding steroid dienone is 2. The van der Waals surface area contributed by atoms with Crippen molar-refractivity contribution in [1.29, 1.82) is 0 Å². The number of rotatable bonds is 1. The normalized spacial score (nSPS) is 51.1. The molecule has 5 aliphatic rings. The van der Waals surface area contributed by atoms with E-state index in [1.807, 2.05) is 0 Å². The van der Waals surface area contributed by atoms with Crippen LogP contribution < -0.4 is 0 Å². The minimum atomic E-state index is -0.323. The van der Waals surface area contributed by atoms with Gasteiger partial charge in [-0.1, -0.05) is 60.1 Å². The van der Waals surface area contributed by atoms with E-state index >= 15 is 0 Å². The molecule has 0 aromatic heterocycles. The molecule has 192 valence electrons. The number of carbonyl (C=O) groups is 1. The number of fused-ring (bicyclic) bond motifs is 7. The molecule has 0 spiro atoms. The number of carbonyl (C=O) groups excluding carboxylic acids is 1. The van der Waals surface area contributed by atoms with Gasteiger partial charge in [-0.25, -0.2) is 0 Å². The molecule has 0 amide bonds. The van der Waals surface area contributed by atoms with Crippen molar-refractivity contribution in [1.82, 2.24) is 0 Å². The Kier molecular flexibility index (Phi) is 5.38. The van der Waals surface area contributed by atoms with Crippen molar-refractivity contribution < 1.29 is 14.6 Å². The van der Waals surface area contributed by atoms with Crippen LogP contribution in [0.25, 0.3) is 0 Å². The molecule has 0 aliphatic heterocycles. The van der Waals surface area contributed by atoms with Gasteiger partial charge in [-0.3, -0.25) is 4.79 Å². The van der Waals surface area contributed by atoms with Crippen molar-refractivity contribution in [2.75, 3.05) is 7.11 Å². The Bertz CT molecular complexity index is 900. The van der Waals surface area contributed by atoms with Gasteiger partial charge in [0.1, 0.15) is 0 Å². The first kappa shape index (κ1) is 24.8. The second kappa shape index (κ2) is 7.36. The van der Waals surface area contributed by atoms with Crippen molar-refractivity contribution in [2.45, 2.75) is 119 Å². The zero-order chi connectivity index (χ0) is 24.9. The molecule has 4 saturated carbocycles. The number of aliphatic hydroxyl groups is 1. The van der Waals surface area contributed by atoms with Gasteiger partial charge in [0.05, 0.1) is 18.6 Å². The summed E-state index contributed by atoms with van der Waals surface area (Å²) in [6, 6.07) is 0. The molecular weight excluding hydrogens is 420 g/mol. The highest BCUT2D eigenvalue weighted by molar-refractivity contribution is 5.78. The summed E-state index contributed by atoms with van der Waals surface area (Å²) in [6.45, 7) is 17.2. The molecule has 0 aromatic carbocycles. The molecule has 0 saturated heterocycles. The number of hydrogen-bond donors (Lipinski definition) is 1. The number of methoxy groups -OCH3 is 1. The third kappa shape index (κ3) is 2.94. The number of esters is 1. The van der Waals surface area contributed by atoms with Gasteiger partial charge >= 0.3 is 5.97 Å². The monoisotopic (exact) mass is 470 g/mol. The fourth-order valence-electron chi connectivity index (χ4n) is 10.8. The zero-order valence-corrected chi connectivity index (χ0v) is 23.2. The van der Waals surface area contributed by atoms with E-state index in [1.165, 1.54) is 12.8 Å². The average molecular weight is 471 g/mol. The lowest BCUT2D eigenvalue weighted by atomic mass is 9.33. The highest BCUT2D eigenvalue weighted by Gasteiger charge is 2.69. The van der Waals surface area contributed by atoms with Gasteiger partial charge in [-0.05, 0) is 109 Å². The molecule has 34 heavy (non-hydrogen) atoms. The van der Waals surface area contributed by atoms with Gasteiger partial charge in [-0.2, -0.15) is 0 Å². The fourth-order valence-corrected chi connectivity index (χ4v) is 10.8. The zero-order valence-electron chi connectivity index (χ0n) is 23.2. The number of hydrogen-bond acceptors (Lipinski definition) is 3. The molecule has 5 rings (SSSR count). The molecule has 0 aromatic rings. The molecule has 5 aliphatic carbocycles. The van der Waals surface area contributed by atoms with E-state index < -0.39 is 0 Å². The van der Waals surface area contributed by atoms with E-state index in [2.05, 4.69) is 54.5 Å². The maximum absolute atomic E-state index is 13.3. The van der Waals surface area contributed by atoms with E-state index in [0.717, 1.165) is 51.4 Å². The molecule has 4 fully saturated rings. The van der Waals surface area contributed by atoms with Gasteiger partial charge in [0.15, 0.2) is 0 Å². The molecule has 3 nitrogen and oxygen atoms in total. The molecule has 3 unspecified atom stereocenters. The summed E-state index contributed by atoms with van der Waals surface area (Å²) < 4.78 is 5.49. The van der Waals surface area contributed by atoms with Crippen LogP contribution in [0, 0.1) is 50.2 Å². The first-order valence-corrected chi connectivity index (χ1v) is 14.2.